The molecule has 1 N–H and O–H groups in total. The van der Waals surface area contributed by atoms with Gasteiger partial charge in [-0.15, -0.1) is 0 Å². The van der Waals surface area contributed by atoms with E-state index < -0.39 is 0 Å². The van der Waals surface area contributed by atoms with Crippen LogP contribution in [-0.4, -0.2) is 55.6 Å². The summed E-state index contributed by atoms with van der Waals surface area (Å²) in [5.41, 5.74) is 0.858. The van der Waals surface area contributed by atoms with Gasteiger partial charge in [-0.2, -0.15) is 0 Å². The van der Waals surface area contributed by atoms with Crippen molar-refractivity contribution >= 4 is 0 Å². The van der Waals surface area contributed by atoms with E-state index in [4.69, 9.17) is 14.6 Å². The molecule has 1 fully saturated rings. The normalized spacial score (nSPS) is 19.2. The van der Waals surface area contributed by atoms with Crippen LogP contribution < -0.4 is 4.74 Å². The standard InChI is InChI=1S/C16H21NO3/c1-14-13-19-10-7-17(14)8-11-20-16-6-2-4-15(12-16)5-3-9-18/h2,4,6,12,14,18H,7-11,13H2,1H3. The fourth-order valence-corrected chi connectivity index (χ4v) is 2.18. The van der Waals surface area contributed by atoms with Gasteiger partial charge in [0.15, 0.2) is 0 Å². The van der Waals surface area contributed by atoms with Crippen LogP contribution in [0.2, 0.25) is 0 Å². The molecule has 1 heterocycles. The summed E-state index contributed by atoms with van der Waals surface area (Å²) in [7, 11) is 0. The Morgan fingerprint density at radius 2 is 2.40 bits per heavy atom. The number of hydrogen-bond acceptors (Lipinski definition) is 4. The molecule has 4 nitrogen and oxygen atoms in total. The van der Waals surface area contributed by atoms with Crippen LogP contribution in [0.15, 0.2) is 24.3 Å². The number of ether oxygens (including phenoxy) is 2. The van der Waals surface area contributed by atoms with Gasteiger partial charge in [0.25, 0.3) is 0 Å². The van der Waals surface area contributed by atoms with Gasteiger partial charge in [0.05, 0.1) is 13.2 Å². The Morgan fingerprint density at radius 3 is 3.20 bits per heavy atom. The molecule has 1 aromatic rings. The first-order valence-electron chi connectivity index (χ1n) is 6.94. The first-order chi connectivity index (χ1) is 9.79. The molecule has 1 aliphatic rings. The summed E-state index contributed by atoms with van der Waals surface area (Å²) in [5, 5.41) is 8.69. The summed E-state index contributed by atoms with van der Waals surface area (Å²) < 4.78 is 11.2. The van der Waals surface area contributed by atoms with Crippen molar-refractivity contribution < 1.29 is 14.6 Å². The maximum Gasteiger partial charge on any atom is 0.120 e. The van der Waals surface area contributed by atoms with Gasteiger partial charge in [-0.3, -0.25) is 4.90 Å². The second-order valence-electron chi connectivity index (χ2n) is 4.80. The topological polar surface area (TPSA) is 41.9 Å². The van der Waals surface area contributed by atoms with Gasteiger partial charge in [-0.1, -0.05) is 17.9 Å². The van der Waals surface area contributed by atoms with E-state index in [0.717, 1.165) is 37.6 Å². The van der Waals surface area contributed by atoms with E-state index in [-0.39, 0.29) is 6.61 Å². The fraction of sp³-hybridized carbons (Fsp3) is 0.500. The van der Waals surface area contributed by atoms with Crippen molar-refractivity contribution in [2.45, 2.75) is 13.0 Å². The fourth-order valence-electron chi connectivity index (χ4n) is 2.18. The molecule has 2 rings (SSSR count). The second kappa shape index (κ2) is 7.91. The third kappa shape index (κ3) is 4.53. The van der Waals surface area contributed by atoms with Crippen LogP contribution in [0.25, 0.3) is 0 Å². The first-order valence-corrected chi connectivity index (χ1v) is 6.94. The molecule has 1 atom stereocenters. The minimum atomic E-state index is -0.125. The molecule has 1 aliphatic heterocycles. The summed E-state index contributed by atoms with van der Waals surface area (Å²) in [4.78, 5) is 2.37. The highest BCUT2D eigenvalue weighted by atomic mass is 16.5. The van der Waals surface area contributed by atoms with E-state index in [1.807, 2.05) is 24.3 Å². The highest BCUT2D eigenvalue weighted by molar-refractivity contribution is 5.39. The van der Waals surface area contributed by atoms with Crippen LogP contribution in [-0.2, 0) is 4.74 Å². The lowest BCUT2D eigenvalue weighted by Crippen LogP contribution is -2.45. The number of hydrogen-bond donors (Lipinski definition) is 1. The molecule has 0 aliphatic carbocycles. The SMILES string of the molecule is CC1COCCN1CCOc1cccc(C#CCO)c1. The molecule has 0 bridgehead atoms. The number of aliphatic hydroxyl groups excluding tert-OH is 1. The highest BCUT2D eigenvalue weighted by Gasteiger charge is 2.17. The smallest absolute Gasteiger partial charge is 0.120 e. The van der Waals surface area contributed by atoms with E-state index in [2.05, 4.69) is 23.7 Å². The maximum absolute atomic E-state index is 8.69. The lowest BCUT2D eigenvalue weighted by Gasteiger charge is -2.32. The molecule has 0 radical (unpaired) electrons. The molecule has 108 valence electrons. The molecule has 0 saturated carbocycles. The third-order valence-electron chi connectivity index (χ3n) is 3.30. The van der Waals surface area contributed by atoms with Crippen molar-refractivity contribution in [2.24, 2.45) is 0 Å². The summed E-state index contributed by atoms with van der Waals surface area (Å²) >= 11 is 0. The summed E-state index contributed by atoms with van der Waals surface area (Å²) in [5.74, 6) is 6.32. The molecular weight excluding hydrogens is 254 g/mol. The Labute approximate surface area is 120 Å². The van der Waals surface area contributed by atoms with Gasteiger partial charge in [0.2, 0.25) is 0 Å². The Bertz CT molecular complexity index is 478. The van der Waals surface area contributed by atoms with Crippen LogP contribution in [0.1, 0.15) is 12.5 Å². The Kier molecular flexibility index (Phi) is 5.87. The molecule has 0 amide bonds. The van der Waals surface area contributed by atoms with Gasteiger partial charge in [0, 0.05) is 24.7 Å². The average Bonchev–Trinajstić information content (AvgIpc) is 2.48. The number of nitrogens with zero attached hydrogens (tertiary/aromatic N) is 1. The molecule has 0 aromatic heterocycles. The second-order valence-corrected chi connectivity index (χ2v) is 4.80. The van der Waals surface area contributed by atoms with Gasteiger partial charge in [-0.05, 0) is 25.1 Å². The van der Waals surface area contributed by atoms with Crippen molar-refractivity contribution in [1.29, 1.82) is 0 Å². The predicted octanol–water partition coefficient (Wildman–Crippen LogP) is 1.13. The van der Waals surface area contributed by atoms with Crippen molar-refractivity contribution in [1.82, 2.24) is 4.90 Å². The van der Waals surface area contributed by atoms with Crippen molar-refractivity contribution in [3.63, 3.8) is 0 Å². The Hall–Kier alpha value is -1.54. The minimum absolute atomic E-state index is 0.125. The van der Waals surface area contributed by atoms with Gasteiger partial charge in [-0.25, -0.2) is 0 Å². The Balaban J connectivity index is 1.81. The van der Waals surface area contributed by atoms with Gasteiger partial charge in [0.1, 0.15) is 19.0 Å². The van der Waals surface area contributed by atoms with E-state index in [1.54, 1.807) is 0 Å². The van der Waals surface area contributed by atoms with E-state index in [1.165, 1.54) is 0 Å². The van der Waals surface area contributed by atoms with Gasteiger partial charge >= 0.3 is 0 Å². The largest absolute Gasteiger partial charge is 0.492 e. The molecule has 20 heavy (non-hydrogen) atoms. The summed E-state index contributed by atoms with van der Waals surface area (Å²) in [6.45, 7) is 6.16. The summed E-state index contributed by atoms with van der Waals surface area (Å²) in [6, 6.07) is 8.08. The lowest BCUT2D eigenvalue weighted by atomic mass is 10.2. The number of benzene rings is 1. The predicted molar refractivity (Wildman–Crippen MR) is 77.8 cm³/mol. The van der Waals surface area contributed by atoms with Crippen LogP contribution in [0.3, 0.4) is 0 Å². The van der Waals surface area contributed by atoms with E-state index >= 15 is 0 Å². The molecular formula is C16H21NO3. The quantitative estimate of drug-likeness (QED) is 0.837. The van der Waals surface area contributed by atoms with Crippen LogP contribution >= 0.6 is 0 Å². The molecule has 4 heteroatoms. The van der Waals surface area contributed by atoms with Crippen molar-refractivity contribution in [3.05, 3.63) is 29.8 Å². The van der Waals surface area contributed by atoms with E-state index in [9.17, 15) is 0 Å². The van der Waals surface area contributed by atoms with Gasteiger partial charge < -0.3 is 14.6 Å². The third-order valence-corrected chi connectivity index (χ3v) is 3.30. The monoisotopic (exact) mass is 275 g/mol. The zero-order valence-electron chi connectivity index (χ0n) is 11.8. The van der Waals surface area contributed by atoms with Crippen LogP contribution in [0.4, 0.5) is 0 Å². The molecule has 1 aromatic carbocycles. The van der Waals surface area contributed by atoms with Crippen molar-refractivity contribution in [2.75, 3.05) is 39.5 Å². The lowest BCUT2D eigenvalue weighted by molar-refractivity contribution is -0.00514. The highest BCUT2D eigenvalue weighted by Crippen LogP contribution is 2.13. The van der Waals surface area contributed by atoms with Crippen LogP contribution in [0, 0.1) is 11.8 Å². The first kappa shape index (κ1) is 14.9. The zero-order chi connectivity index (χ0) is 14.2. The number of rotatable bonds is 4. The molecule has 1 saturated heterocycles. The zero-order valence-corrected chi connectivity index (χ0v) is 11.8. The van der Waals surface area contributed by atoms with Crippen molar-refractivity contribution in [3.8, 4) is 17.6 Å². The number of aliphatic hydroxyl groups is 1. The molecule has 0 spiro atoms. The van der Waals surface area contributed by atoms with Crippen LogP contribution in [0.5, 0.6) is 5.75 Å². The van der Waals surface area contributed by atoms with E-state index in [0.29, 0.717) is 12.6 Å². The minimum Gasteiger partial charge on any atom is -0.492 e. The Morgan fingerprint density at radius 1 is 1.50 bits per heavy atom. The average molecular weight is 275 g/mol. The summed E-state index contributed by atoms with van der Waals surface area (Å²) in [6.07, 6.45) is 0. The number of morpholine rings is 1. The molecule has 1 unspecified atom stereocenters. The maximum atomic E-state index is 8.69.